The molecule has 0 aromatic carbocycles. The van der Waals surface area contributed by atoms with E-state index in [1.165, 1.54) is 0 Å². The van der Waals surface area contributed by atoms with E-state index in [0.29, 0.717) is 22.3 Å². The molecule has 0 aliphatic heterocycles. The second kappa shape index (κ2) is 5.49. The molecular formula is C17H25NO2. The van der Waals surface area contributed by atoms with Crippen LogP contribution in [0.5, 0.6) is 0 Å². The third-order valence-corrected chi connectivity index (χ3v) is 4.14. The Morgan fingerprint density at radius 3 is 1.95 bits per heavy atom. The van der Waals surface area contributed by atoms with Gasteiger partial charge in [0.05, 0.1) is 0 Å². The summed E-state index contributed by atoms with van der Waals surface area (Å²) < 4.78 is 0. The van der Waals surface area contributed by atoms with Crippen molar-refractivity contribution in [2.45, 2.75) is 54.5 Å². The van der Waals surface area contributed by atoms with Gasteiger partial charge >= 0.3 is 0 Å². The van der Waals surface area contributed by atoms with E-state index in [1.54, 1.807) is 20.8 Å². The number of hydrogen-bond donors (Lipinski definition) is 1. The molecule has 3 heteroatoms. The fraction of sp³-hybridized carbons (Fsp3) is 0.529. The Balaban J connectivity index is 3.42. The largest absolute Gasteiger partial charge is 0.324 e. The quantitative estimate of drug-likeness (QED) is 0.636. The third-order valence-electron chi connectivity index (χ3n) is 4.14. The van der Waals surface area contributed by atoms with Crippen LogP contribution < -0.4 is 5.73 Å². The summed E-state index contributed by atoms with van der Waals surface area (Å²) in [6, 6.07) is -0.0667. The molecule has 1 unspecified atom stereocenters. The fourth-order valence-electron chi connectivity index (χ4n) is 2.64. The first-order chi connectivity index (χ1) is 9.00. The number of carbonyl (C=O) groups is 2. The van der Waals surface area contributed by atoms with E-state index >= 15 is 0 Å². The molecule has 0 fully saturated rings. The molecule has 1 rings (SSSR count). The highest BCUT2D eigenvalue weighted by atomic mass is 16.1. The molecule has 3 nitrogen and oxygen atoms in total. The molecule has 1 aliphatic rings. The maximum Gasteiger partial charge on any atom is 0.186 e. The third kappa shape index (κ3) is 2.83. The van der Waals surface area contributed by atoms with Crippen molar-refractivity contribution in [1.82, 2.24) is 0 Å². The van der Waals surface area contributed by atoms with Crippen LogP contribution in [0.15, 0.2) is 33.9 Å². The summed E-state index contributed by atoms with van der Waals surface area (Å²) in [6.45, 7) is 12.9. The minimum absolute atomic E-state index is 0.0293. The second-order valence-corrected chi connectivity index (χ2v) is 6.31. The highest BCUT2D eigenvalue weighted by Crippen LogP contribution is 2.38. The topological polar surface area (TPSA) is 60.2 Å². The number of allylic oxidation sites excluding steroid dienone is 5. The van der Waals surface area contributed by atoms with Crippen LogP contribution in [0.1, 0.15) is 48.5 Å². The van der Waals surface area contributed by atoms with Gasteiger partial charge in [0.1, 0.15) is 0 Å². The number of hydrogen-bond acceptors (Lipinski definition) is 3. The summed E-state index contributed by atoms with van der Waals surface area (Å²) in [4.78, 5) is 24.8. The van der Waals surface area contributed by atoms with E-state index in [-0.39, 0.29) is 17.6 Å². The zero-order valence-corrected chi connectivity index (χ0v) is 13.5. The zero-order valence-electron chi connectivity index (χ0n) is 13.5. The number of nitrogens with two attached hydrogens (primary N) is 1. The van der Waals surface area contributed by atoms with Gasteiger partial charge in [-0.3, -0.25) is 9.59 Å². The van der Waals surface area contributed by atoms with Gasteiger partial charge in [-0.2, -0.15) is 0 Å². The molecule has 0 saturated carbocycles. The predicted molar refractivity (Wildman–Crippen MR) is 82.3 cm³/mol. The number of ketones is 2. The van der Waals surface area contributed by atoms with Crippen molar-refractivity contribution in [2.24, 2.45) is 11.1 Å². The summed E-state index contributed by atoms with van der Waals surface area (Å²) in [5.74, 6) is -0.0599. The number of carbonyl (C=O) groups excluding carboxylic acids is 2. The lowest BCUT2D eigenvalue weighted by Crippen LogP contribution is -2.30. The first kappa shape index (κ1) is 16.6. The molecule has 0 bridgehead atoms. The first-order valence-corrected chi connectivity index (χ1v) is 6.93. The maximum absolute atomic E-state index is 12.6. The second-order valence-electron chi connectivity index (χ2n) is 6.31. The predicted octanol–water partition coefficient (Wildman–Crippen LogP) is 3.11. The summed E-state index contributed by atoms with van der Waals surface area (Å²) in [5.41, 5.74) is 8.63. The SMILES string of the molecule is CC1=C(C)C(=O)C(C(C)(C)/C=C(\C)C(C)N)=C(C)C1=O. The van der Waals surface area contributed by atoms with E-state index in [0.717, 1.165) is 5.57 Å². The molecule has 0 radical (unpaired) electrons. The Bertz CT molecular complexity index is 558. The first-order valence-electron chi connectivity index (χ1n) is 6.93. The molecule has 110 valence electrons. The lowest BCUT2D eigenvalue weighted by Gasteiger charge is -2.30. The molecule has 1 aliphatic carbocycles. The fourth-order valence-corrected chi connectivity index (χ4v) is 2.64. The Kier molecular flexibility index (Phi) is 4.55. The van der Waals surface area contributed by atoms with Gasteiger partial charge < -0.3 is 5.73 Å². The van der Waals surface area contributed by atoms with Gasteiger partial charge in [-0.25, -0.2) is 0 Å². The summed E-state index contributed by atoms with van der Waals surface area (Å²) in [5, 5.41) is 0. The average molecular weight is 275 g/mol. The molecular weight excluding hydrogens is 250 g/mol. The van der Waals surface area contributed by atoms with E-state index in [9.17, 15) is 9.59 Å². The monoisotopic (exact) mass is 275 g/mol. The molecule has 2 N–H and O–H groups in total. The molecule has 0 amide bonds. The summed E-state index contributed by atoms with van der Waals surface area (Å²) >= 11 is 0. The lowest BCUT2D eigenvalue weighted by atomic mass is 9.72. The van der Waals surface area contributed by atoms with Crippen LogP contribution in [0.25, 0.3) is 0 Å². The number of Topliss-reactive ketones (excluding diaryl/α,β-unsaturated/α-hetero) is 2. The normalized spacial score (nSPS) is 19.9. The van der Waals surface area contributed by atoms with Crippen LogP contribution in [0.4, 0.5) is 0 Å². The Hall–Kier alpha value is -1.48. The maximum atomic E-state index is 12.6. The van der Waals surface area contributed by atoms with Crippen molar-refractivity contribution >= 4 is 11.6 Å². The van der Waals surface area contributed by atoms with Crippen molar-refractivity contribution in [2.75, 3.05) is 0 Å². The van der Waals surface area contributed by atoms with Crippen molar-refractivity contribution in [3.05, 3.63) is 33.9 Å². The average Bonchev–Trinajstić information content (AvgIpc) is 2.33. The van der Waals surface area contributed by atoms with Gasteiger partial charge in [0.15, 0.2) is 11.6 Å². The van der Waals surface area contributed by atoms with E-state index in [4.69, 9.17) is 5.73 Å². The van der Waals surface area contributed by atoms with Crippen LogP contribution in [-0.4, -0.2) is 17.6 Å². The highest BCUT2D eigenvalue weighted by Gasteiger charge is 2.36. The van der Waals surface area contributed by atoms with Gasteiger partial charge in [-0.05, 0) is 34.6 Å². The van der Waals surface area contributed by atoms with Crippen LogP contribution in [0.2, 0.25) is 0 Å². The summed E-state index contributed by atoms with van der Waals surface area (Å²) in [6.07, 6.45) is 2.00. The van der Waals surface area contributed by atoms with Crippen LogP contribution in [0, 0.1) is 5.41 Å². The van der Waals surface area contributed by atoms with Crippen molar-refractivity contribution in [3.63, 3.8) is 0 Å². The zero-order chi connectivity index (χ0) is 15.8. The minimum atomic E-state index is -0.503. The van der Waals surface area contributed by atoms with Crippen LogP contribution in [0.3, 0.4) is 0 Å². The van der Waals surface area contributed by atoms with E-state index < -0.39 is 5.41 Å². The van der Waals surface area contributed by atoms with Crippen LogP contribution >= 0.6 is 0 Å². The van der Waals surface area contributed by atoms with E-state index in [2.05, 4.69) is 0 Å². The van der Waals surface area contributed by atoms with Gasteiger partial charge in [0.2, 0.25) is 0 Å². The summed E-state index contributed by atoms with van der Waals surface area (Å²) in [7, 11) is 0. The van der Waals surface area contributed by atoms with Gasteiger partial charge in [0, 0.05) is 33.7 Å². The number of rotatable bonds is 3. The Morgan fingerprint density at radius 2 is 1.50 bits per heavy atom. The van der Waals surface area contributed by atoms with Crippen molar-refractivity contribution < 1.29 is 9.59 Å². The molecule has 0 saturated heterocycles. The van der Waals surface area contributed by atoms with Crippen molar-refractivity contribution in [1.29, 1.82) is 0 Å². The standard InChI is InChI=1S/C17H25NO2/c1-9(13(5)18)8-17(6,7)14-12(4)15(19)10(2)11(3)16(14)20/h8,13H,18H2,1-7H3/b9-8+. The van der Waals surface area contributed by atoms with Crippen molar-refractivity contribution in [3.8, 4) is 0 Å². The van der Waals surface area contributed by atoms with Gasteiger partial charge in [-0.1, -0.05) is 25.5 Å². The molecule has 0 aromatic rings. The minimum Gasteiger partial charge on any atom is -0.324 e. The van der Waals surface area contributed by atoms with Gasteiger partial charge in [-0.15, -0.1) is 0 Å². The molecule has 0 spiro atoms. The Labute approximate surface area is 121 Å². The smallest absolute Gasteiger partial charge is 0.186 e. The highest BCUT2D eigenvalue weighted by molar-refractivity contribution is 6.25. The molecule has 0 aromatic heterocycles. The molecule has 20 heavy (non-hydrogen) atoms. The Morgan fingerprint density at radius 1 is 1.05 bits per heavy atom. The molecule has 0 heterocycles. The van der Waals surface area contributed by atoms with Gasteiger partial charge in [0.25, 0.3) is 0 Å². The van der Waals surface area contributed by atoms with Crippen LogP contribution in [-0.2, 0) is 9.59 Å². The molecule has 1 atom stereocenters. The van der Waals surface area contributed by atoms with E-state index in [1.807, 2.05) is 33.8 Å². The lowest BCUT2D eigenvalue weighted by molar-refractivity contribution is -0.117.